The number of allylic oxidation sites excluding steroid dienone is 2. The van der Waals surface area contributed by atoms with Gasteiger partial charge in [0.15, 0.2) is 10.6 Å². The summed E-state index contributed by atoms with van der Waals surface area (Å²) in [7, 11) is 3.06. The molecule has 0 amide bonds. The number of aromatic carboxylic acids is 1. The molecular weight excluding hydrogens is 556 g/mol. The summed E-state index contributed by atoms with van der Waals surface area (Å²) in [5.41, 5.74) is 1.65. The fourth-order valence-electron chi connectivity index (χ4n) is 4.67. The molecule has 204 valence electrons. The monoisotopic (exact) mass is 578 g/mol. The summed E-state index contributed by atoms with van der Waals surface area (Å²) < 4.78 is 18.7. The zero-order chi connectivity index (χ0) is 28.7. The second kappa shape index (κ2) is 10.6. The van der Waals surface area contributed by atoms with Crippen LogP contribution in [0.4, 0.5) is 0 Å². The van der Waals surface area contributed by atoms with E-state index in [-0.39, 0.29) is 21.9 Å². The normalized spacial score (nSPS) is 15.0. The first-order valence-electron chi connectivity index (χ1n) is 12.0. The number of rotatable bonds is 7. The molecule has 0 spiro atoms. The van der Waals surface area contributed by atoms with Crippen LogP contribution in [0.5, 0.6) is 11.5 Å². The zero-order valence-corrected chi connectivity index (χ0v) is 23.4. The molecule has 1 N–H and O–H groups in total. The summed E-state index contributed by atoms with van der Waals surface area (Å²) in [6, 6.07) is 12.4. The molecule has 40 heavy (non-hydrogen) atoms. The third-order valence-corrected chi connectivity index (χ3v) is 7.83. The number of carboxylic acid groups (broad SMARTS) is 1. The van der Waals surface area contributed by atoms with Gasteiger partial charge in [0.05, 0.1) is 35.4 Å². The number of halogens is 1. The Kier molecular flexibility index (Phi) is 7.22. The topological polar surface area (TPSA) is 120 Å². The van der Waals surface area contributed by atoms with Crippen molar-refractivity contribution in [2.24, 2.45) is 4.99 Å². The number of nitrogens with zero attached hydrogens (tertiary/aromatic N) is 2. The van der Waals surface area contributed by atoms with Crippen LogP contribution in [0.15, 0.2) is 74.0 Å². The van der Waals surface area contributed by atoms with Crippen molar-refractivity contribution in [3.05, 3.63) is 101 Å². The van der Waals surface area contributed by atoms with Gasteiger partial charge in [0.25, 0.3) is 5.56 Å². The van der Waals surface area contributed by atoms with Gasteiger partial charge in [-0.05, 0) is 56.3 Å². The maximum Gasteiger partial charge on any atom is 0.337 e. The molecule has 2 aromatic heterocycles. The molecule has 4 aromatic rings. The number of Topliss-reactive ketones (excluding diaryl/α,β-unsaturated/α-hetero) is 1. The van der Waals surface area contributed by atoms with Crippen LogP contribution in [-0.4, -0.2) is 35.6 Å². The summed E-state index contributed by atoms with van der Waals surface area (Å²) in [5, 5.41) is 9.50. The number of carbonyl (C=O) groups excluding carboxylic acids is 1. The molecule has 11 heteroatoms. The Morgan fingerprint density at radius 1 is 1.12 bits per heavy atom. The second-order valence-electron chi connectivity index (χ2n) is 8.95. The summed E-state index contributed by atoms with van der Waals surface area (Å²) in [4.78, 5) is 43.1. The van der Waals surface area contributed by atoms with E-state index in [1.54, 1.807) is 56.5 Å². The van der Waals surface area contributed by atoms with Crippen molar-refractivity contribution in [1.29, 1.82) is 0 Å². The predicted molar refractivity (Wildman–Crippen MR) is 150 cm³/mol. The van der Waals surface area contributed by atoms with Gasteiger partial charge in [-0.25, -0.2) is 9.79 Å². The van der Waals surface area contributed by atoms with Crippen molar-refractivity contribution in [3.63, 3.8) is 0 Å². The van der Waals surface area contributed by atoms with E-state index < -0.39 is 12.0 Å². The summed E-state index contributed by atoms with van der Waals surface area (Å²) in [5.74, 6) is 0.470. The quantitative estimate of drug-likeness (QED) is 0.344. The zero-order valence-electron chi connectivity index (χ0n) is 21.9. The molecule has 0 saturated heterocycles. The van der Waals surface area contributed by atoms with Crippen LogP contribution in [-0.2, 0) is 4.79 Å². The maximum atomic E-state index is 13.8. The van der Waals surface area contributed by atoms with Crippen LogP contribution < -0.4 is 24.4 Å². The van der Waals surface area contributed by atoms with Crippen molar-refractivity contribution in [1.82, 2.24) is 4.57 Å². The Hall–Kier alpha value is -4.41. The molecule has 3 heterocycles. The van der Waals surface area contributed by atoms with E-state index in [9.17, 15) is 19.5 Å². The largest absolute Gasteiger partial charge is 0.497 e. The van der Waals surface area contributed by atoms with Crippen LogP contribution in [0.3, 0.4) is 0 Å². The second-order valence-corrected chi connectivity index (χ2v) is 10.4. The van der Waals surface area contributed by atoms with Crippen LogP contribution in [0.1, 0.15) is 41.6 Å². The first-order chi connectivity index (χ1) is 19.1. The minimum atomic E-state index is -1.15. The van der Waals surface area contributed by atoms with Gasteiger partial charge in [0.1, 0.15) is 23.0 Å². The Morgan fingerprint density at radius 3 is 2.58 bits per heavy atom. The molecule has 0 saturated carbocycles. The van der Waals surface area contributed by atoms with Gasteiger partial charge in [-0.1, -0.05) is 22.9 Å². The van der Waals surface area contributed by atoms with Crippen molar-refractivity contribution in [3.8, 4) is 22.8 Å². The first kappa shape index (κ1) is 27.2. The van der Waals surface area contributed by atoms with E-state index in [0.29, 0.717) is 54.8 Å². The minimum absolute atomic E-state index is 0.0453. The van der Waals surface area contributed by atoms with Crippen molar-refractivity contribution in [2.75, 3.05) is 14.2 Å². The molecule has 1 aliphatic heterocycles. The van der Waals surface area contributed by atoms with E-state index in [1.807, 2.05) is 0 Å². The molecule has 1 unspecified atom stereocenters. The number of methoxy groups -OCH3 is 2. The molecule has 1 atom stereocenters. The molecule has 0 aliphatic carbocycles. The standard InChI is InChI=1S/C29H23ClN2O7S/c1-14-25(15(2)33)26(19-8-6-17(37-3)12-23(19)38-4)32-27(34)24(40-29(32)31-14)13-18-7-10-22(39-18)16-5-9-21(30)20(11-16)28(35)36/h5-13,26H,1-4H3,(H,35,36)/b24-13+. The lowest BCUT2D eigenvalue weighted by Crippen LogP contribution is -2.39. The van der Waals surface area contributed by atoms with Crippen LogP contribution in [0.2, 0.25) is 5.02 Å². The molecule has 2 aromatic carbocycles. The Morgan fingerprint density at radius 2 is 1.90 bits per heavy atom. The fourth-order valence-corrected chi connectivity index (χ4v) is 5.89. The van der Waals surface area contributed by atoms with E-state index in [0.717, 1.165) is 0 Å². The van der Waals surface area contributed by atoms with Gasteiger partial charge >= 0.3 is 5.97 Å². The van der Waals surface area contributed by atoms with Crippen molar-refractivity contribution in [2.45, 2.75) is 19.9 Å². The number of thiazole rings is 1. The number of carbonyl (C=O) groups is 2. The van der Waals surface area contributed by atoms with E-state index in [4.69, 9.17) is 25.5 Å². The van der Waals surface area contributed by atoms with Gasteiger partial charge in [-0.15, -0.1) is 0 Å². The lowest BCUT2D eigenvalue weighted by Gasteiger charge is -2.26. The summed E-state index contributed by atoms with van der Waals surface area (Å²) in [6.45, 7) is 3.19. The Labute approximate surface area is 236 Å². The maximum absolute atomic E-state index is 13.8. The third kappa shape index (κ3) is 4.76. The highest BCUT2D eigenvalue weighted by Gasteiger charge is 2.32. The van der Waals surface area contributed by atoms with Crippen LogP contribution in [0.25, 0.3) is 17.4 Å². The number of aromatic nitrogens is 1. The number of ether oxygens (including phenoxy) is 2. The highest BCUT2D eigenvalue weighted by atomic mass is 35.5. The number of fused-ring (bicyclic) bond motifs is 1. The van der Waals surface area contributed by atoms with Gasteiger partial charge in [-0.3, -0.25) is 14.2 Å². The predicted octanol–water partition coefficient (Wildman–Crippen LogP) is 4.45. The number of furan rings is 1. The Bertz CT molecular complexity index is 1900. The molecule has 5 rings (SSSR count). The summed E-state index contributed by atoms with van der Waals surface area (Å²) >= 11 is 7.16. The highest BCUT2D eigenvalue weighted by Crippen LogP contribution is 2.37. The van der Waals surface area contributed by atoms with Gasteiger partial charge in [0.2, 0.25) is 0 Å². The number of hydrogen-bond donors (Lipinski definition) is 1. The third-order valence-electron chi connectivity index (χ3n) is 6.52. The first-order valence-corrected chi connectivity index (χ1v) is 13.2. The molecule has 0 radical (unpaired) electrons. The number of benzene rings is 2. The number of carboxylic acids is 1. The SMILES string of the molecule is COc1ccc(C2C(C(C)=O)=C(C)N=c3s/c(=C/c4ccc(-c5ccc(Cl)c(C(=O)O)c5)o4)c(=O)n32)c(OC)c1. The fraction of sp³-hybridized carbons (Fsp3) is 0.172. The minimum Gasteiger partial charge on any atom is -0.497 e. The van der Waals surface area contributed by atoms with E-state index in [1.165, 1.54) is 42.1 Å². The van der Waals surface area contributed by atoms with Crippen molar-refractivity contribution >= 4 is 40.8 Å². The van der Waals surface area contributed by atoms with Gasteiger partial charge in [-0.2, -0.15) is 0 Å². The van der Waals surface area contributed by atoms with Gasteiger partial charge in [0, 0.05) is 34.5 Å². The molecule has 1 aliphatic rings. The smallest absolute Gasteiger partial charge is 0.337 e. The van der Waals surface area contributed by atoms with Crippen molar-refractivity contribution < 1.29 is 28.6 Å². The Balaban J connectivity index is 1.64. The molecule has 9 nitrogen and oxygen atoms in total. The number of ketones is 1. The van der Waals surface area contributed by atoms with E-state index >= 15 is 0 Å². The average Bonchev–Trinajstić information content (AvgIpc) is 3.51. The van der Waals surface area contributed by atoms with Crippen LogP contribution >= 0.6 is 22.9 Å². The molecular formula is C29H23ClN2O7S. The summed E-state index contributed by atoms with van der Waals surface area (Å²) in [6.07, 6.45) is 1.59. The average molecular weight is 579 g/mol. The lowest BCUT2D eigenvalue weighted by molar-refractivity contribution is -0.114. The highest BCUT2D eigenvalue weighted by molar-refractivity contribution is 7.07. The van der Waals surface area contributed by atoms with Crippen LogP contribution in [0, 0.1) is 0 Å². The van der Waals surface area contributed by atoms with E-state index in [2.05, 4.69) is 4.99 Å². The molecule has 0 bridgehead atoms. The molecule has 0 fully saturated rings. The lowest BCUT2D eigenvalue weighted by atomic mass is 9.92. The van der Waals surface area contributed by atoms with Gasteiger partial charge < -0.3 is 19.0 Å². The number of hydrogen-bond acceptors (Lipinski definition) is 8.